The monoisotopic (exact) mass is 344 g/mol. The fraction of sp³-hybridized carbons (Fsp3) is 0.500. The number of carbonyl (C=O) groups is 2. The molecule has 0 aliphatic carbocycles. The number of amides is 2. The van der Waals surface area contributed by atoms with Crippen molar-refractivity contribution in [1.82, 2.24) is 10.6 Å². The summed E-state index contributed by atoms with van der Waals surface area (Å²) in [6.45, 7) is 6.75. The quantitative estimate of drug-likeness (QED) is 0.560. The Balaban J connectivity index is 2.05. The number of rotatable bonds is 8. The fourth-order valence-corrected chi connectivity index (χ4v) is 2.13. The molecule has 136 valence electrons. The first-order chi connectivity index (χ1) is 11.8. The number of alkyl carbamates (subject to hydrolysis) is 1. The number of hydrogen-bond donors (Lipinski definition) is 2. The van der Waals surface area contributed by atoms with Crippen LogP contribution in [0.5, 0.6) is 0 Å². The largest absolute Gasteiger partial charge is 0.444 e. The molecule has 0 atom stereocenters. The SMILES string of the molecule is C#Cc1ccc(C(=O)NCCCCCCNC(=O)OC(C)(C)C)cc1. The van der Waals surface area contributed by atoms with Crippen LogP contribution in [0.25, 0.3) is 0 Å². The molecule has 0 unspecified atom stereocenters. The molecule has 0 heterocycles. The zero-order chi connectivity index (χ0) is 18.7. The molecule has 2 N–H and O–H groups in total. The number of hydrogen-bond acceptors (Lipinski definition) is 3. The van der Waals surface area contributed by atoms with E-state index in [-0.39, 0.29) is 12.0 Å². The van der Waals surface area contributed by atoms with Crippen LogP contribution in [0.4, 0.5) is 4.79 Å². The Morgan fingerprint density at radius 3 is 2.08 bits per heavy atom. The van der Waals surface area contributed by atoms with Gasteiger partial charge in [0.05, 0.1) is 0 Å². The molecule has 0 spiro atoms. The second-order valence-electron chi connectivity index (χ2n) is 6.82. The van der Waals surface area contributed by atoms with Gasteiger partial charge in [-0.3, -0.25) is 4.79 Å². The van der Waals surface area contributed by atoms with Crippen molar-refractivity contribution in [3.8, 4) is 12.3 Å². The maximum absolute atomic E-state index is 11.9. The molecular formula is C20H28N2O3. The molecule has 0 saturated carbocycles. The Morgan fingerprint density at radius 2 is 1.56 bits per heavy atom. The molecule has 1 aromatic carbocycles. The van der Waals surface area contributed by atoms with Crippen molar-refractivity contribution >= 4 is 12.0 Å². The lowest BCUT2D eigenvalue weighted by Gasteiger charge is -2.19. The third-order valence-corrected chi connectivity index (χ3v) is 3.37. The Morgan fingerprint density at radius 1 is 1.00 bits per heavy atom. The maximum atomic E-state index is 11.9. The van der Waals surface area contributed by atoms with Gasteiger partial charge in [0.2, 0.25) is 0 Å². The first-order valence-electron chi connectivity index (χ1n) is 8.63. The van der Waals surface area contributed by atoms with Crippen LogP contribution in [0.3, 0.4) is 0 Å². The van der Waals surface area contributed by atoms with E-state index in [4.69, 9.17) is 11.2 Å². The summed E-state index contributed by atoms with van der Waals surface area (Å²) in [6.07, 6.45) is 8.68. The van der Waals surface area contributed by atoms with Crippen molar-refractivity contribution in [2.75, 3.05) is 13.1 Å². The minimum absolute atomic E-state index is 0.0878. The van der Waals surface area contributed by atoms with Gasteiger partial charge in [0, 0.05) is 24.2 Å². The third-order valence-electron chi connectivity index (χ3n) is 3.37. The van der Waals surface area contributed by atoms with E-state index in [1.807, 2.05) is 20.8 Å². The number of ether oxygens (including phenoxy) is 1. The Labute approximate surface area is 150 Å². The van der Waals surface area contributed by atoms with E-state index in [0.717, 1.165) is 31.2 Å². The number of terminal acetylenes is 1. The Kier molecular flexibility index (Phi) is 8.55. The number of unbranched alkanes of at least 4 members (excludes halogenated alkanes) is 3. The van der Waals surface area contributed by atoms with Crippen molar-refractivity contribution in [1.29, 1.82) is 0 Å². The van der Waals surface area contributed by atoms with E-state index < -0.39 is 5.60 Å². The van der Waals surface area contributed by atoms with E-state index in [0.29, 0.717) is 18.7 Å². The van der Waals surface area contributed by atoms with Gasteiger partial charge in [0.25, 0.3) is 5.91 Å². The topological polar surface area (TPSA) is 67.4 Å². The van der Waals surface area contributed by atoms with Gasteiger partial charge in [-0.1, -0.05) is 18.8 Å². The molecule has 5 nitrogen and oxygen atoms in total. The lowest BCUT2D eigenvalue weighted by molar-refractivity contribution is 0.0526. The van der Waals surface area contributed by atoms with Crippen molar-refractivity contribution < 1.29 is 14.3 Å². The van der Waals surface area contributed by atoms with Crippen LogP contribution in [0.2, 0.25) is 0 Å². The van der Waals surface area contributed by atoms with E-state index in [9.17, 15) is 9.59 Å². The van der Waals surface area contributed by atoms with E-state index in [1.54, 1.807) is 24.3 Å². The zero-order valence-electron chi connectivity index (χ0n) is 15.4. The normalized spacial score (nSPS) is 10.6. The number of nitrogens with one attached hydrogen (secondary N) is 2. The van der Waals surface area contributed by atoms with Crippen LogP contribution < -0.4 is 10.6 Å². The summed E-state index contributed by atoms with van der Waals surface area (Å²) in [4.78, 5) is 23.4. The second kappa shape index (κ2) is 10.4. The minimum atomic E-state index is -0.469. The van der Waals surface area contributed by atoms with Gasteiger partial charge < -0.3 is 15.4 Å². The maximum Gasteiger partial charge on any atom is 0.407 e. The van der Waals surface area contributed by atoms with Gasteiger partial charge >= 0.3 is 6.09 Å². The van der Waals surface area contributed by atoms with Gasteiger partial charge in [-0.15, -0.1) is 6.42 Å². The van der Waals surface area contributed by atoms with Crippen LogP contribution in [0.15, 0.2) is 24.3 Å². The van der Waals surface area contributed by atoms with Crippen LogP contribution in [-0.2, 0) is 4.74 Å². The molecule has 0 saturated heterocycles. The smallest absolute Gasteiger partial charge is 0.407 e. The van der Waals surface area contributed by atoms with Gasteiger partial charge in [0.1, 0.15) is 5.60 Å². The summed E-state index contributed by atoms with van der Waals surface area (Å²) in [5.41, 5.74) is 0.904. The van der Waals surface area contributed by atoms with Crippen LogP contribution >= 0.6 is 0 Å². The van der Waals surface area contributed by atoms with Gasteiger partial charge in [-0.05, 0) is 57.9 Å². The third kappa shape index (κ3) is 9.41. The minimum Gasteiger partial charge on any atom is -0.444 e. The lowest BCUT2D eigenvalue weighted by Crippen LogP contribution is -2.33. The highest BCUT2D eigenvalue weighted by atomic mass is 16.6. The lowest BCUT2D eigenvalue weighted by atomic mass is 10.1. The summed E-state index contributed by atoms with van der Waals surface area (Å²) in [6, 6.07) is 6.97. The van der Waals surface area contributed by atoms with Crippen molar-refractivity contribution in [2.24, 2.45) is 0 Å². The number of carbonyl (C=O) groups excluding carboxylic acids is 2. The van der Waals surface area contributed by atoms with E-state index in [2.05, 4.69) is 16.6 Å². The summed E-state index contributed by atoms with van der Waals surface area (Å²) >= 11 is 0. The first-order valence-corrected chi connectivity index (χ1v) is 8.63. The molecular weight excluding hydrogens is 316 g/mol. The Hall–Kier alpha value is -2.48. The highest BCUT2D eigenvalue weighted by Gasteiger charge is 2.15. The molecule has 0 aliphatic rings. The standard InChI is InChI=1S/C20H28N2O3/c1-5-16-10-12-17(13-11-16)18(23)21-14-8-6-7-9-15-22-19(24)25-20(2,3)4/h1,10-13H,6-9,14-15H2,2-4H3,(H,21,23)(H,22,24). The van der Waals surface area contributed by atoms with E-state index >= 15 is 0 Å². The van der Waals surface area contributed by atoms with Gasteiger partial charge in [0.15, 0.2) is 0 Å². The summed E-state index contributed by atoms with van der Waals surface area (Å²) in [5.74, 6) is 2.43. The average molecular weight is 344 g/mol. The summed E-state index contributed by atoms with van der Waals surface area (Å²) in [5, 5.41) is 5.63. The number of benzene rings is 1. The first kappa shape index (κ1) is 20.6. The van der Waals surface area contributed by atoms with Crippen molar-refractivity contribution in [3.05, 3.63) is 35.4 Å². The van der Waals surface area contributed by atoms with Crippen molar-refractivity contribution in [3.63, 3.8) is 0 Å². The molecule has 0 bridgehead atoms. The van der Waals surface area contributed by atoms with Gasteiger partial charge in [-0.2, -0.15) is 0 Å². The molecule has 0 radical (unpaired) electrons. The molecule has 5 heteroatoms. The second-order valence-corrected chi connectivity index (χ2v) is 6.82. The predicted octanol–water partition coefficient (Wildman–Crippen LogP) is 3.48. The van der Waals surface area contributed by atoms with Crippen LogP contribution in [0, 0.1) is 12.3 Å². The van der Waals surface area contributed by atoms with Crippen LogP contribution in [0.1, 0.15) is 62.4 Å². The molecule has 0 aromatic heterocycles. The van der Waals surface area contributed by atoms with Gasteiger partial charge in [-0.25, -0.2) is 4.79 Å². The predicted molar refractivity (Wildman–Crippen MR) is 99.4 cm³/mol. The average Bonchev–Trinajstić information content (AvgIpc) is 2.55. The molecule has 1 aromatic rings. The summed E-state index contributed by atoms with van der Waals surface area (Å²) < 4.78 is 5.16. The summed E-state index contributed by atoms with van der Waals surface area (Å²) in [7, 11) is 0. The zero-order valence-corrected chi connectivity index (χ0v) is 15.4. The molecule has 0 aliphatic heterocycles. The molecule has 0 fully saturated rings. The molecule has 25 heavy (non-hydrogen) atoms. The highest BCUT2D eigenvalue weighted by molar-refractivity contribution is 5.94. The molecule has 2 amide bonds. The highest BCUT2D eigenvalue weighted by Crippen LogP contribution is 2.07. The molecule has 1 rings (SSSR count). The van der Waals surface area contributed by atoms with Crippen molar-refractivity contribution in [2.45, 2.75) is 52.1 Å². The fourth-order valence-electron chi connectivity index (χ4n) is 2.13. The Bertz CT molecular complexity index is 595. The van der Waals surface area contributed by atoms with Crippen LogP contribution in [-0.4, -0.2) is 30.7 Å². The van der Waals surface area contributed by atoms with E-state index in [1.165, 1.54) is 0 Å².